The molecule has 0 saturated carbocycles. The number of amides is 3. The minimum atomic E-state index is -0.833. The number of carbonyl (C=O) groups excluding carboxylic acids is 3. The second kappa shape index (κ2) is 9.94. The minimum Gasteiger partial charge on any atom is -0.454 e. The smallest absolute Gasteiger partial charge is 0.329 e. The average molecular weight is 375 g/mol. The molecule has 27 heavy (non-hydrogen) atoms. The Morgan fingerprint density at radius 1 is 1.19 bits per heavy atom. The molecule has 0 aliphatic carbocycles. The van der Waals surface area contributed by atoms with E-state index in [1.165, 1.54) is 0 Å². The first kappa shape index (κ1) is 20.7. The first-order chi connectivity index (χ1) is 12.9. The van der Waals surface area contributed by atoms with Crippen molar-refractivity contribution >= 4 is 23.6 Å². The van der Waals surface area contributed by atoms with Gasteiger partial charge >= 0.3 is 12.0 Å². The van der Waals surface area contributed by atoms with Gasteiger partial charge in [0.1, 0.15) is 6.04 Å². The Bertz CT molecular complexity index is 648. The van der Waals surface area contributed by atoms with Gasteiger partial charge in [-0.15, -0.1) is 0 Å². The van der Waals surface area contributed by atoms with Crippen LogP contribution >= 0.6 is 0 Å². The highest BCUT2D eigenvalue weighted by molar-refractivity contribution is 5.93. The molecular weight excluding hydrogens is 346 g/mol. The van der Waals surface area contributed by atoms with Gasteiger partial charge in [0.05, 0.1) is 0 Å². The van der Waals surface area contributed by atoms with Crippen LogP contribution in [0.2, 0.25) is 0 Å². The molecule has 0 radical (unpaired) electrons. The van der Waals surface area contributed by atoms with Crippen LogP contribution in [0.5, 0.6) is 0 Å². The van der Waals surface area contributed by atoms with Crippen LogP contribution in [0.3, 0.4) is 0 Å². The summed E-state index contributed by atoms with van der Waals surface area (Å²) < 4.78 is 5.21. The van der Waals surface area contributed by atoms with E-state index in [1.54, 1.807) is 29.2 Å². The molecular formula is C20H29N3O4. The Labute approximate surface area is 160 Å². The summed E-state index contributed by atoms with van der Waals surface area (Å²) in [5.74, 6) is -0.971. The summed E-state index contributed by atoms with van der Waals surface area (Å²) in [6, 6.07) is 7.79. The Balaban J connectivity index is 1.86. The fourth-order valence-corrected chi connectivity index (χ4v) is 3.10. The molecule has 1 fully saturated rings. The molecule has 148 valence electrons. The van der Waals surface area contributed by atoms with Crippen LogP contribution in [0.1, 0.15) is 40.0 Å². The lowest BCUT2D eigenvalue weighted by Gasteiger charge is -2.33. The van der Waals surface area contributed by atoms with E-state index in [-0.39, 0.29) is 24.5 Å². The number of urea groups is 1. The second-order valence-electron chi connectivity index (χ2n) is 7.23. The van der Waals surface area contributed by atoms with Gasteiger partial charge < -0.3 is 20.3 Å². The van der Waals surface area contributed by atoms with Crippen LogP contribution in [-0.2, 0) is 14.3 Å². The number of ether oxygens (including phenoxy) is 1. The fourth-order valence-electron chi connectivity index (χ4n) is 3.10. The number of rotatable bonds is 6. The summed E-state index contributed by atoms with van der Waals surface area (Å²) >= 11 is 0. The van der Waals surface area contributed by atoms with Crippen LogP contribution < -0.4 is 10.6 Å². The van der Waals surface area contributed by atoms with Crippen LogP contribution in [-0.4, -0.2) is 48.0 Å². The summed E-state index contributed by atoms with van der Waals surface area (Å²) in [4.78, 5) is 38.6. The number of hydrogen-bond donors (Lipinski definition) is 2. The predicted molar refractivity (Wildman–Crippen MR) is 103 cm³/mol. The molecule has 2 atom stereocenters. The third-order valence-corrected chi connectivity index (χ3v) is 4.70. The number of esters is 1. The van der Waals surface area contributed by atoms with Gasteiger partial charge in [-0.3, -0.25) is 4.79 Å². The van der Waals surface area contributed by atoms with Crippen LogP contribution in [0.15, 0.2) is 30.3 Å². The number of piperidine rings is 1. The maximum absolute atomic E-state index is 12.4. The van der Waals surface area contributed by atoms with Crippen LogP contribution in [0, 0.1) is 5.92 Å². The lowest BCUT2D eigenvalue weighted by atomic mass is 10.0. The topological polar surface area (TPSA) is 87.7 Å². The van der Waals surface area contributed by atoms with E-state index in [0.29, 0.717) is 12.2 Å². The van der Waals surface area contributed by atoms with Gasteiger partial charge in [0.2, 0.25) is 0 Å². The van der Waals surface area contributed by atoms with E-state index < -0.39 is 18.0 Å². The van der Waals surface area contributed by atoms with E-state index in [1.807, 2.05) is 26.8 Å². The molecule has 2 N–H and O–H groups in total. The maximum Gasteiger partial charge on any atom is 0.329 e. The maximum atomic E-state index is 12.4. The fraction of sp³-hybridized carbons (Fsp3) is 0.550. The van der Waals surface area contributed by atoms with Crippen molar-refractivity contribution in [2.75, 3.05) is 18.5 Å². The van der Waals surface area contributed by atoms with Crippen LogP contribution in [0.25, 0.3) is 0 Å². The summed E-state index contributed by atoms with van der Waals surface area (Å²) in [6.45, 7) is 6.02. The Kier molecular flexibility index (Phi) is 7.64. The molecule has 0 unspecified atom stereocenters. The summed E-state index contributed by atoms with van der Waals surface area (Å²) in [5.41, 5.74) is 0.625. The molecule has 7 heteroatoms. The van der Waals surface area contributed by atoms with Gasteiger partial charge in [-0.1, -0.05) is 32.0 Å². The largest absolute Gasteiger partial charge is 0.454 e. The summed E-state index contributed by atoms with van der Waals surface area (Å²) in [7, 11) is 0. The van der Waals surface area contributed by atoms with Crippen molar-refractivity contribution in [2.24, 2.45) is 5.92 Å². The van der Waals surface area contributed by atoms with Gasteiger partial charge in [-0.2, -0.15) is 0 Å². The van der Waals surface area contributed by atoms with Gasteiger partial charge in [0.25, 0.3) is 5.91 Å². The zero-order chi connectivity index (χ0) is 19.8. The second-order valence-corrected chi connectivity index (χ2v) is 7.23. The predicted octanol–water partition coefficient (Wildman–Crippen LogP) is 2.78. The molecule has 0 spiro atoms. The van der Waals surface area contributed by atoms with E-state index in [0.717, 1.165) is 19.3 Å². The quantitative estimate of drug-likeness (QED) is 0.749. The van der Waals surface area contributed by atoms with Gasteiger partial charge in [-0.05, 0) is 44.2 Å². The number of anilines is 1. The van der Waals surface area contributed by atoms with Crippen molar-refractivity contribution in [3.05, 3.63) is 30.3 Å². The summed E-state index contributed by atoms with van der Waals surface area (Å²) in [5, 5.41) is 5.30. The van der Waals surface area contributed by atoms with Crippen LogP contribution in [0.4, 0.5) is 10.5 Å². The molecule has 1 aromatic rings. The van der Waals surface area contributed by atoms with Gasteiger partial charge in [-0.25, -0.2) is 9.59 Å². The third kappa shape index (κ3) is 6.27. The monoisotopic (exact) mass is 375 g/mol. The van der Waals surface area contributed by atoms with E-state index in [9.17, 15) is 14.4 Å². The first-order valence-corrected chi connectivity index (χ1v) is 9.47. The molecule has 7 nitrogen and oxygen atoms in total. The highest BCUT2D eigenvalue weighted by atomic mass is 16.5. The molecule has 1 aliphatic rings. The average Bonchev–Trinajstić information content (AvgIpc) is 2.65. The van der Waals surface area contributed by atoms with Crippen molar-refractivity contribution < 1.29 is 19.1 Å². The molecule has 0 bridgehead atoms. The van der Waals surface area contributed by atoms with E-state index in [2.05, 4.69) is 10.6 Å². The zero-order valence-electron chi connectivity index (χ0n) is 16.2. The van der Waals surface area contributed by atoms with Crippen molar-refractivity contribution in [1.29, 1.82) is 0 Å². The van der Waals surface area contributed by atoms with Gasteiger partial charge in [0, 0.05) is 18.3 Å². The third-order valence-electron chi connectivity index (χ3n) is 4.70. The van der Waals surface area contributed by atoms with Gasteiger partial charge in [0.15, 0.2) is 6.61 Å². The van der Waals surface area contributed by atoms with E-state index >= 15 is 0 Å². The van der Waals surface area contributed by atoms with Crippen molar-refractivity contribution in [3.8, 4) is 0 Å². The Morgan fingerprint density at radius 3 is 2.52 bits per heavy atom. The van der Waals surface area contributed by atoms with E-state index in [4.69, 9.17) is 4.74 Å². The molecule has 1 saturated heterocycles. The number of hydrogen-bond acceptors (Lipinski definition) is 4. The van der Waals surface area contributed by atoms with Crippen molar-refractivity contribution in [2.45, 2.75) is 52.1 Å². The highest BCUT2D eigenvalue weighted by Crippen LogP contribution is 2.16. The lowest BCUT2D eigenvalue weighted by Crippen LogP contribution is -2.48. The number of carbonyl (C=O) groups is 3. The molecule has 1 aromatic carbocycles. The first-order valence-electron chi connectivity index (χ1n) is 9.47. The number of nitrogens with zero attached hydrogens (tertiary/aromatic N) is 1. The Hall–Kier alpha value is -2.57. The lowest BCUT2D eigenvalue weighted by molar-refractivity contribution is -0.155. The molecule has 2 rings (SSSR count). The van der Waals surface area contributed by atoms with Crippen molar-refractivity contribution in [1.82, 2.24) is 10.2 Å². The zero-order valence-corrected chi connectivity index (χ0v) is 16.2. The SMILES string of the molecule is CC(C)[C@@H](NC(=O)Nc1ccccc1)C(=O)OCC(=O)N1CCCC[C@@H]1C. The number of likely N-dealkylation sites (tertiary alicyclic amines) is 1. The number of para-hydroxylation sites is 1. The van der Waals surface area contributed by atoms with Crippen molar-refractivity contribution in [3.63, 3.8) is 0 Å². The molecule has 3 amide bonds. The summed E-state index contributed by atoms with van der Waals surface area (Å²) in [6.07, 6.45) is 3.05. The minimum absolute atomic E-state index is 0.167. The highest BCUT2D eigenvalue weighted by Gasteiger charge is 2.28. The number of nitrogens with one attached hydrogen (secondary N) is 2. The normalized spacial score (nSPS) is 17.9. The Morgan fingerprint density at radius 2 is 1.89 bits per heavy atom. The number of benzene rings is 1. The standard InChI is InChI=1S/C20H29N3O4/c1-14(2)18(22-20(26)21-16-10-5-4-6-11-16)19(25)27-13-17(24)23-12-8-7-9-15(23)3/h4-6,10-11,14-15,18H,7-9,12-13H2,1-3H3,(H2,21,22,26)/t15-,18+/m0/s1. The molecule has 1 heterocycles. The molecule has 0 aromatic heterocycles. The molecule has 1 aliphatic heterocycles.